The van der Waals surface area contributed by atoms with Gasteiger partial charge in [-0.2, -0.15) is 0 Å². The standard InChI is InChI=1S/C21H17FN4O2S2/c1-13-4-2-3-5-17(13)24-18(27)10-19-23-16(11-29-19)12-30-21-26-25-20(28-21)14-6-8-15(22)9-7-14/h2-9,11H,10,12H2,1H3,(H,24,27). The van der Waals surface area contributed by atoms with Crippen molar-refractivity contribution in [3.8, 4) is 11.5 Å². The number of hydrogen-bond donors (Lipinski definition) is 1. The lowest BCUT2D eigenvalue weighted by Gasteiger charge is -2.06. The van der Waals surface area contributed by atoms with E-state index < -0.39 is 0 Å². The van der Waals surface area contributed by atoms with Crippen LogP contribution in [0, 0.1) is 12.7 Å². The molecule has 0 saturated heterocycles. The predicted molar refractivity (Wildman–Crippen MR) is 115 cm³/mol. The highest BCUT2D eigenvalue weighted by Gasteiger charge is 2.12. The number of hydrogen-bond acceptors (Lipinski definition) is 7. The number of amides is 1. The molecule has 4 aromatic rings. The summed E-state index contributed by atoms with van der Waals surface area (Å²) in [4.78, 5) is 16.8. The molecule has 2 aromatic carbocycles. The highest BCUT2D eigenvalue weighted by Crippen LogP contribution is 2.26. The minimum Gasteiger partial charge on any atom is -0.411 e. The summed E-state index contributed by atoms with van der Waals surface area (Å²) in [7, 11) is 0. The van der Waals surface area contributed by atoms with Crippen LogP contribution in [0.2, 0.25) is 0 Å². The van der Waals surface area contributed by atoms with E-state index in [0.29, 0.717) is 22.4 Å². The fraction of sp³-hybridized carbons (Fsp3) is 0.143. The van der Waals surface area contributed by atoms with Crippen LogP contribution in [0.4, 0.5) is 10.1 Å². The van der Waals surface area contributed by atoms with Crippen molar-refractivity contribution < 1.29 is 13.6 Å². The van der Waals surface area contributed by atoms with Gasteiger partial charge in [-0.3, -0.25) is 4.79 Å². The van der Waals surface area contributed by atoms with Gasteiger partial charge in [-0.05, 0) is 42.8 Å². The van der Waals surface area contributed by atoms with Gasteiger partial charge in [0.05, 0.1) is 12.1 Å². The molecule has 0 aliphatic heterocycles. The number of para-hydroxylation sites is 1. The van der Waals surface area contributed by atoms with E-state index in [2.05, 4.69) is 20.5 Å². The van der Waals surface area contributed by atoms with E-state index in [-0.39, 0.29) is 18.1 Å². The maximum Gasteiger partial charge on any atom is 0.277 e. The molecule has 6 nitrogen and oxygen atoms in total. The lowest BCUT2D eigenvalue weighted by molar-refractivity contribution is -0.115. The van der Waals surface area contributed by atoms with E-state index >= 15 is 0 Å². The Hall–Kier alpha value is -3.04. The van der Waals surface area contributed by atoms with Gasteiger partial charge in [0.25, 0.3) is 5.22 Å². The summed E-state index contributed by atoms with van der Waals surface area (Å²) < 4.78 is 18.6. The van der Waals surface area contributed by atoms with Crippen molar-refractivity contribution in [2.45, 2.75) is 24.3 Å². The van der Waals surface area contributed by atoms with E-state index in [0.717, 1.165) is 22.0 Å². The van der Waals surface area contributed by atoms with Crippen LogP contribution < -0.4 is 5.32 Å². The molecule has 1 N–H and O–H groups in total. The first-order chi connectivity index (χ1) is 14.6. The minimum atomic E-state index is -0.320. The number of nitrogens with one attached hydrogen (secondary N) is 1. The molecule has 0 unspecified atom stereocenters. The first-order valence-electron chi connectivity index (χ1n) is 9.08. The molecule has 0 atom stereocenters. The highest BCUT2D eigenvalue weighted by atomic mass is 32.2. The number of aryl methyl sites for hydroxylation is 1. The monoisotopic (exact) mass is 440 g/mol. The van der Waals surface area contributed by atoms with Crippen LogP contribution in [-0.4, -0.2) is 21.1 Å². The highest BCUT2D eigenvalue weighted by molar-refractivity contribution is 7.98. The van der Waals surface area contributed by atoms with Gasteiger partial charge in [0, 0.05) is 22.4 Å². The summed E-state index contributed by atoms with van der Waals surface area (Å²) >= 11 is 2.80. The molecule has 0 saturated carbocycles. The molecule has 0 fully saturated rings. The van der Waals surface area contributed by atoms with Gasteiger partial charge in [0.2, 0.25) is 11.8 Å². The third-order valence-corrected chi connectivity index (χ3v) is 5.92. The van der Waals surface area contributed by atoms with Gasteiger partial charge in [0.15, 0.2) is 0 Å². The Morgan fingerprint density at radius 3 is 2.77 bits per heavy atom. The third kappa shape index (κ3) is 5.11. The lowest BCUT2D eigenvalue weighted by atomic mass is 10.2. The number of aromatic nitrogens is 3. The maximum atomic E-state index is 13.0. The second kappa shape index (κ2) is 9.19. The van der Waals surface area contributed by atoms with E-state index in [1.54, 1.807) is 12.1 Å². The van der Waals surface area contributed by atoms with Gasteiger partial charge >= 0.3 is 0 Å². The molecular weight excluding hydrogens is 423 g/mol. The number of nitrogens with zero attached hydrogens (tertiary/aromatic N) is 3. The Labute approximate surface area is 180 Å². The smallest absolute Gasteiger partial charge is 0.277 e. The first kappa shape index (κ1) is 20.2. The van der Waals surface area contributed by atoms with Crippen LogP contribution >= 0.6 is 23.1 Å². The van der Waals surface area contributed by atoms with Gasteiger partial charge < -0.3 is 9.73 Å². The predicted octanol–water partition coefficient (Wildman–Crippen LogP) is 5.11. The maximum absolute atomic E-state index is 13.0. The number of halogens is 1. The van der Waals surface area contributed by atoms with Gasteiger partial charge in [-0.15, -0.1) is 21.5 Å². The average Bonchev–Trinajstić information content (AvgIpc) is 3.38. The summed E-state index contributed by atoms with van der Waals surface area (Å²) in [5.41, 5.74) is 3.32. The Morgan fingerprint density at radius 1 is 1.17 bits per heavy atom. The molecule has 0 aliphatic rings. The van der Waals surface area contributed by atoms with Crippen molar-refractivity contribution in [2.24, 2.45) is 0 Å². The van der Waals surface area contributed by atoms with Crippen molar-refractivity contribution in [3.05, 3.63) is 76.0 Å². The molecule has 30 heavy (non-hydrogen) atoms. The van der Waals surface area contributed by atoms with Crippen LogP contribution in [0.1, 0.15) is 16.3 Å². The first-order valence-corrected chi connectivity index (χ1v) is 10.9. The summed E-state index contributed by atoms with van der Waals surface area (Å²) in [6.45, 7) is 1.95. The second-order valence-electron chi connectivity index (χ2n) is 6.44. The topological polar surface area (TPSA) is 80.9 Å². The molecule has 0 bridgehead atoms. The van der Waals surface area contributed by atoms with Crippen molar-refractivity contribution in [1.29, 1.82) is 0 Å². The number of benzene rings is 2. The molecule has 1 amide bonds. The van der Waals surface area contributed by atoms with Crippen LogP contribution in [0.25, 0.3) is 11.5 Å². The van der Waals surface area contributed by atoms with E-state index in [4.69, 9.17) is 4.42 Å². The molecule has 0 aliphatic carbocycles. The summed E-state index contributed by atoms with van der Waals surface area (Å²) in [5.74, 6) is 0.462. The number of thiazole rings is 1. The normalized spacial score (nSPS) is 10.9. The third-order valence-electron chi connectivity index (χ3n) is 4.17. The van der Waals surface area contributed by atoms with Crippen LogP contribution in [0.3, 0.4) is 0 Å². The molecule has 2 aromatic heterocycles. The molecule has 152 valence electrons. The number of carbonyl (C=O) groups excluding carboxylic acids is 1. The number of rotatable bonds is 7. The Morgan fingerprint density at radius 2 is 1.97 bits per heavy atom. The van der Waals surface area contributed by atoms with Crippen LogP contribution in [0.15, 0.2) is 63.6 Å². The molecule has 0 radical (unpaired) electrons. The Bertz CT molecular complexity index is 1160. The van der Waals surface area contributed by atoms with Gasteiger partial charge in [-0.1, -0.05) is 30.0 Å². The molecule has 2 heterocycles. The fourth-order valence-electron chi connectivity index (χ4n) is 2.65. The quantitative estimate of drug-likeness (QED) is 0.402. The SMILES string of the molecule is Cc1ccccc1NC(=O)Cc1nc(CSc2nnc(-c3ccc(F)cc3)o2)cs1. The molecule has 4 rings (SSSR count). The largest absolute Gasteiger partial charge is 0.411 e. The lowest BCUT2D eigenvalue weighted by Crippen LogP contribution is -2.15. The zero-order valence-electron chi connectivity index (χ0n) is 16.0. The molecule has 0 spiro atoms. The molecule has 9 heteroatoms. The van der Waals surface area contributed by atoms with Crippen LogP contribution in [0.5, 0.6) is 0 Å². The van der Waals surface area contributed by atoms with Crippen molar-refractivity contribution in [1.82, 2.24) is 15.2 Å². The number of carbonyl (C=O) groups is 1. The van der Waals surface area contributed by atoms with Crippen LogP contribution in [-0.2, 0) is 17.0 Å². The van der Waals surface area contributed by atoms with Crippen molar-refractivity contribution in [3.63, 3.8) is 0 Å². The van der Waals surface area contributed by atoms with Gasteiger partial charge in [0.1, 0.15) is 10.8 Å². The minimum absolute atomic E-state index is 0.0984. The zero-order chi connectivity index (χ0) is 20.9. The second-order valence-corrected chi connectivity index (χ2v) is 8.31. The Balaban J connectivity index is 1.31. The van der Waals surface area contributed by atoms with Gasteiger partial charge in [-0.25, -0.2) is 9.37 Å². The van der Waals surface area contributed by atoms with Crippen molar-refractivity contribution in [2.75, 3.05) is 5.32 Å². The zero-order valence-corrected chi connectivity index (χ0v) is 17.6. The summed E-state index contributed by atoms with van der Waals surface area (Å²) in [5, 5.41) is 14.0. The van der Waals surface area contributed by atoms with Crippen molar-refractivity contribution >= 4 is 34.7 Å². The number of anilines is 1. The summed E-state index contributed by atoms with van der Waals surface area (Å²) in [6.07, 6.45) is 0.221. The average molecular weight is 441 g/mol. The van der Waals surface area contributed by atoms with E-state index in [1.807, 2.05) is 36.6 Å². The van der Waals surface area contributed by atoms with E-state index in [9.17, 15) is 9.18 Å². The summed E-state index contributed by atoms with van der Waals surface area (Å²) in [6, 6.07) is 13.5. The van der Waals surface area contributed by atoms with E-state index in [1.165, 1.54) is 35.2 Å². The number of thioether (sulfide) groups is 1. The fourth-order valence-corrected chi connectivity index (χ4v) is 4.21. The Kier molecular flexibility index (Phi) is 6.20. The molecular formula is C21H17FN4O2S2.